The van der Waals surface area contributed by atoms with Crippen LogP contribution in [0.15, 0.2) is 12.5 Å². The summed E-state index contributed by atoms with van der Waals surface area (Å²) in [5.74, 6) is 0.771. The van der Waals surface area contributed by atoms with Gasteiger partial charge in [-0.3, -0.25) is 0 Å². The number of aromatic nitrogens is 2. The Bertz CT molecular complexity index is 326. The maximum atomic E-state index is 10.0. The molecule has 0 aliphatic heterocycles. The number of aliphatic hydroxyl groups excluding tert-OH is 1. The van der Waals surface area contributed by atoms with Gasteiger partial charge in [-0.2, -0.15) is 0 Å². The number of imidazole rings is 1. The molecule has 1 aromatic rings. The van der Waals surface area contributed by atoms with Crippen LogP contribution < -0.4 is 0 Å². The van der Waals surface area contributed by atoms with Crippen molar-refractivity contribution in [3.8, 4) is 0 Å². The lowest BCUT2D eigenvalue weighted by Crippen LogP contribution is -2.06. The minimum atomic E-state index is -0.286. The molecule has 3 nitrogen and oxygen atoms in total. The fraction of sp³-hybridized carbons (Fsp3) is 0.727. The van der Waals surface area contributed by atoms with Crippen LogP contribution in [0.25, 0.3) is 0 Å². The average Bonchev–Trinajstić information content (AvgIpc) is 3.08. The Kier molecular flexibility index (Phi) is 1.87. The van der Waals surface area contributed by atoms with Gasteiger partial charge in [0.15, 0.2) is 0 Å². The van der Waals surface area contributed by atoms with E-state index >= 15 is 0 Å². The van der Waals surface area contributed by atoms with E-state index in [9.17, 15) is 5.11 Å². The molecule has 14 heavy (non-hydrogen) atoms. The molecule has 0 saturated heterocycles. The van der Waals surface area contributed by atoms with Crippen molar-refractivity contribution >= 4 is 0 Å². The molecule has 0 aromatic carbocycles. The number of hydrogen-bond acceptors (Lipinski definition) is 2. The van der Waals surface area contributed by atoms with Crippen molar-refractivity contribution in [3.63, 3.8) is 0 Å². The van der Waals surface area contributed by atoms with Crippen molar-refractivity contribution in [2.24, 2.45) is 5.92 Å². The number of hydrogen-bond donors (Lipinski definition) is 1. The lowest BCUT2D eigenvalue weighted by atomic mass is 10.1. The summed E-state index contributed by atoms with van der Waals surface area (Å²) < 4.78 is 2.16. The van der Waals surface area contributed by atoms with E-state index in [1.54, 1.807) is 0 Å². The average molecular weight is 192 g/mol. The van der Waals surface area contributed by atoms with Crippen molar-refractivity contribution in [3.05, 3.63) is 18.2 Å². The molecule has 1 N–H and O–H groups in total. The molecular formula is C11H16N2O. The molecule has 2 fully saturated rings. The minimum absolute atomic E-state index is 0.286. The highest BCUT2D eigenvalue weighted by atomic mass is 16.3. The Morgan fingerprint density at radius 2 is 2.21 bits per heavy atom. The van der Waals surface area contributed by atoms with Gasteiger partial charge in [-0.1, -0.05) is 12.8 Å². The molecule has 1 aromatic heterocycles. The molecule has 1 unspecified atom stereocenters. The lowest BCUT2D eigenvalue weighted by molar-refractivity contribution is 0.151. The molecule has 1 atom stereocenters. The van der Waals surface area contributed by atoms with E-state index < -0.39 is 0 Å². The summed E-state index contributed by atoms with van der Waals surface area (Å²) in [7, 11) is 0. The van der Waals surface area contributed by atoms with E-state index in [0.717, 1.165) is 18.0 Å². The highest BCUT2D eigenvalue weighted by Gasteiger charge is 2.30. The summed E-state index contributed by atoms with van der Waals surface area (Å²) in [6.07, 6.45) is 9.43. The van der Waals surface area contributed by atoms with Gasteiger partial charge in [0.05, 0.1) is 24.3 Å². The zero-order valence-corrected chi connectivity index (χ0v) is 8.26. The molecule has 1 heterocycles. The van der Waals surface area contributed by atoms with Crippen LogP contribution in [-0.4, -0.2) is 14.7 Å². The molecule has 2 aliphatic carbocycles. The molecule has 0 radical (unpaired) electrons. The summed E-state index contributed by atoms with van der Waals surface area (Å²) in [6, 6.07) is 0.626. The largest absolute Gasteiger partial charge is 0.387 e. The van der Waals surface area contributed by atoms with Gasteiger partial charge < -0.3 is 9.67 Å². The smallest absolute Gasteiger partial charge is 0.0958 e. The molecule has 0 bridgehead atoms. The molecule has 0 amide bonds. The van der Waals surface area contributed by atoms with Crippen molar-refractivity contribution in [1.82, 2.24) is 9.55 Å². The van der Waals surface area contributed by atoms with Gasteiger partial charge in [-0.25, -0.2) is 4.98 Å². The van der Waals surface area contributed by atoms with E-state index in [-0.39, 0.29) is 6.10 Å². The first-order valence-electron chi connectivity index (χ1n) is 5.54. The van der Waals surface area contributed by atoms with E-state index in [0.29, 0.717) is 6.04 Å². The molecule has 0 spiro atoms. The second-order valence-electron chi connectivity index (χ2n) is 4.65. The maximum Gasteiger partial charge on any atom is 0.0958 e. The Balaban J connectivity index is 1.75. The Labute approximate surface area is 83.8 Å². The Morgan fingerprint density at radius 1 is 1.43 bits per heavy atom. The zero-order chi connectivity index (χ0) is 9.54. The van der Waals surface area contributed by atoms with Crippen LogP contribution in [0.5, 0.6) is 0 Å². The maximum absolute atomic E-state index is 10.0. The highest BCUT2D eigenvalue weighted by molar-refractivity contribution is 5.07. The SMILES string of the molecule is OC(CC1CC1)c1cncn1C1CC1. The Hall–Kier alpha value is -0.830. The molecular weight excluding hydrogens is 176 g/mol. The van der Waals surface area contributed by atoms with Crippen LogP contribution in [0.3, 0.4) is 0 Å². The third-order valence-corrected chi connectivity index (χ3v) is 3.23. The van der Waals surface area contributed by atoms with Crippen LogP contribution in [0, 0.1) is 5.92 Å². The van der Waals surface area contributed by atoms with Crippen LogP contribution in [0.4, 0.5) is 0 Å². The number of nitrogens with zero attached hydrogens (tertiary/aromatic N) is 2. The number of rotatable bonds is 4. The minimum Gasteiger partial charge on any atom is -0.387 e. The monoisotopic (exact) mass is 192 g/mol. The molecule has 3 rings (SSSR count). The van der Waals surface area contributed by atoms with Crippen LogP contribution in [0.2, 0.25) is 0 Å². The first-order valence-corrected chi connectivity index (χ1v) is 5.54. The Morgan fingerprint density at radius 3 is 2.86 bits per heavy atom. The molecule has 2 aliphatic rings. The standard InChI is InChI=1S/C11H16N2O/c14-11(5-8-1-2-8)10-6-12-7-13(10)9-3-4-9/h6-9,11,14H,1-5H2. The summed E-state index contributed by atoms with van der Waals surface area (Å²) in [5, 5.41) is 10.0. The third kappa shape index (κ3) is 1.57. The first-order chi connectivity index (χ1) is 6.84. The van der Waals surface area contributed by atoms with E-state index in [1.807, 2.05) is 12.5 Å². The second kappa shape index (κ2) is 3.09. The van der Waals surface area contributed by atoms with Crippen LogP contribution in [0.1, 0.15) is 49.9 Å². The summed E-state index contributed by atoms with van der Waals surface area (Å²) in [6.45, 7) is 0. The van der Waals surface area contributed by atoms with Crippen molar-refractivity contribution in [1.29, 1.82) is 0 Å². The normalized spacial score (nSPS) is 23.8. The van der Waals surface area contributed by atoms with E-state index in [2.05, 4.69) is 9.55 Å². The van der Waals surface area contributed by atoms with E-state index in [4.69, 9.17) is 0 Å². The lowest BCUT2D eigenvalue weighted by Gasteiger charge is -2.12. The summed E-state index contributed by atoms with van der Waals surface area (Å²) in [4.78, 5) is 4.14. The van der Waals surface area contributed by atoms with Crippen LogP contribution >= 0.6 is 0 Å². The van der Waals surface area contributed by atoms with Crippen molar-refractivity contribution in [2.45, 2.75) is 44.2 Å². The first kappa shape index (κ1) is 8.48. The predicted molar refractivity (Wildman–Crippen MR) is 52.8 cm³/mol. The predicted octanol–water partition coefficient (Wildman–Crippen LogP) is 2.05. The fourth-order valence-corrected chi connectivity index (χ4v) is 2.02. The quantitative estimate of drug-likeness (QED) is 0.792. The van der Waals surface area contributed by atoms with Gasteiger partial charge in [0.2, 0.25) is 0 Å². The molecule has 2 saturated carbocycles. The highest BCUT2D eigenvalue weighted by Crippen LogP contribution is 2.40. The summed E-state index contributed by atoms with van der Waals surface area (Å²) >= 11 is 0. The second-order valence-corrected chi connectivity index (χ2v) is 4.65. The van der Waals surface area contributed by atoms with Gasteiger partial charge in [0, 0.05) is 6.04 Å². The topological polar surface area (TPSA) is 38.1 Å². The van der Waals surface area contributed by atoms with Crippen molar-refractivity contribution < 1.29 is 5.11 Å². The van der Waals surface area contributed by atoms with E-state index in [1.165, 1.54) is 25.7 Å². The van der Waals surface area contributed by atoms with Crippen LogP contribution in [-0.2, 0) is 0 Å². The van der Waals surface area contributed by atoms with Gasteiger partial charge in [-0.05, 0) is 25.2 Å². The molecule has 76 valence electrons. The fourth-order valence-electron chi connectivity index (χ4n) is 2.02. The zero-order valence-electron chi connectivity index (χ0n) is 8.26. The summed E-state index contributed by atoms with van der Waals surface area (Å²) in [5.41, 5.74) is 1.03. The third-order valence-electron chi connectivity index (χ3n) is 3.23. The van der Waals surface area contributed by atoms with Gasteiger partial charge in [0.25, 0.3) is 0 Å². The number of aliphatic hydroxyl groups is 1. The van der Waals surface area contributed by atoms with Gasteiger partial charge in [0.1, 0.15) is 0 Å². The molecule has 3 heteroatoms. The van der Waals surface area contributed by atoms with Crippen molar-refractivity contribution in [2.75, 3.05) is 0 Å². The van der Waals surface area contributed by atoms with Gasteiger partial charge >= 0.3 is 0 Å². The van der Waals surface area contributed by atoms with Gasteiger partial charge in [-0.15, -0.1) is 0 Å².